The number of esters is 1. The van der Waals surface area contributed by atoms with Gasteiger partial charge in [-0.2, -0.15) is 0 Å². The van der Waals surface area contributed by atoms with Crippen molar-refractivity contribution in [2.45, 2.75) is 49.9 Å². The van der Waals surface area contributed by atoms with Crippen molar-refractivity contribution >= 4 is 5.97 Å². The normalized spacial score (nSPS) is 39.9. The molecule has 1 spiro atoms. The minimum Gasteiger partial charge on any atom is -0.467 e. The van der Waals surface area contributed by atoms with Crippen LogP contribution in [0.3, 0.4) is 0 Å². The molecule has 0 aromatic rings. The molecule has 2 rings (SSSR count). The van der Waals surface area contributed by atoms with Crippen molar-refractivity contribution in [1.82, 2.24) is 0 Å². The molecule has 0 radical (unpaired) electrons. The Morgan fingerprint density at radius 1 is 1.33 bits per heavy atom. The monoisotopic (exact) mass is 214 g/mol. The molecule has 3 atom stereocenters. The van der Waals surface area contributed by atoms with Crippen LogP contribution in [0, 0.1) is 0 Å². The SMILES string of the molecule is COC(=O)C1OC12CCCC(OC)CC2. The highest BCUT2D eigenvalue weighted by Crippen LogP contribution is 2.47. The first-order valence-electron chi connectivity index (χ1n) is 5.50. The van der Waals surface area contributed by atoms with Crippen LogP contribution in [-0.2, 0) is 19.0 Å². The molecule has 2 fully saturated rings. The highest BCUT2D eigenvalue weighted by molar-refractivity contribution is 5.79. The second-order valence-corrected chi connectivity index (χ2v) is 4.37. The molecule has 1 aliphatic heterocycles. The van der Waals surface area contributed by atoms with Gasteiger partial charge in [0.1, 0.15) is 5.60 Å². The summed E-state index contributed by atoms with van der Waals surface area (Å²) in [7, 11) is 3.15. The topological polar surface area (TPSA) is 48.1 Å². The number of methoxy groups -OCH3 is 2. The lowest BCUT2D eigenvalue weighted by atomic mass is 9.96. The van der Waals surface area contributed by atoms with E-state index in [1.165, 1.54) is 7.11 Å². The molecule has 0 aromatic carbocycles. The van der Waals surface area contributed by atoms with Gasteiger partial charge in [0.2, 0.25) is 0 Å². The Morgan fingerprint density at radius 3 is 2.80 bits per heavy atom. The summed E-state index contributed by atoms with van der Waals surface area (Å²) in [6.07, 6.45) is 4.97. The Kier molecular flexibility index (Phi) is 2.98. The Labute approximate surface area is 89.9 Å². The molecule has 86 valence electrons. The highest BCUT2D eigenvalue weighted by atomic mass is 16.7. The molecular weight excluding hydrogens is 196 g/mol. The smallest absolute Gasteiger partial charge is 0.338 e. The zero-order chi connectivity index (χ0) is 10.9. The molecule has 15 heavy (non-hydrogen) atoms. The van der Waals surface area contributed by atoms with E-state index in [2.05, 4.69) is 0 Å². The zero-order valence-corrected chi connectivity index (χ0v) is 9.32. The number of ether oxygens (including phenoxy) is 3. The van der Waals surface area contributed by atoms with E-state index in [4.69, 9.17) is 14.2 Å². The van der Waals surface area contributed by atoms with E-state index >= 15 is 0 Å². The highest BCUT2D eigenvalue weighted by Gasteiger charge is 2.61. The second kappa shape index (κ2) is 4.10. The van der Waals surface area contributed by atoms with E-state index in [9.17, 15) is 4.79 Å². The molecule has 0 aromatic heterocycles. The predicted octanol–water partition coefficient (Wildman–Crippen LogP) is 1.28. The van der Waals surface area contributed by atoms with E-state index in [-0.39, 0.29) is 17.7 Å². The fourth-order valence-corrected chi connectivity index (χ4v) is 2.49. The predicted molar refractivity (Wildman–Crippen MR) is 53.5 cm³/mol. The van der Waals surface area contributed by atoms with E-state index in [1.54, 1.807) is 7.11 Å². The molecular formula is C11H18O4. The van der Waals surface area contributed by atoms with E-state index in [1.807, 2.05) is 0 Å². The molecule has 1 heterocycles. The van der Waals surface area contributed by atoms with Crippen LogP contribution in [0.4, 0.5) is 0 Å². The first-order valence-corrected chi connectivity index (χ1v) is 5.50. The van der Waals surface area contributed by atoms with Crippen LogP contribution < -0.4 is 0 Å². The molecule has 0 bridgehead atoms. The second-order valence-electron chi connectivity index (χ2n) is 4.37. The lowest BCUT2D eigenvalue weighted by molar-refractivity contribution is -0.142. The van der Waals surface area contributed by atoms with Crippen molar-refractivity contribution < 1.29 is 19.0 Å². The number of rotatable bonds is 2. The molecule has 3 unspecified atom stereocenters. The number of hydrogen-bond acceptors (Lipinski definition) is 4. The van der Waals surface area contributed by atoms with Crippen LogP contribution in [0.5, 0.6) is 0 Å². The van der Waals surface area contributed by atoms with Gasteiger partial charge in [0.05, 0.1) is 13.2 Å². The molecule has 4 nitrogen and oxygen atoms in total. The Hall–Kier alpha value is -0.610. The first kappa shape index (κ1) is 10.9. The maximum absolute atomic E-state index is 11.3. The van der Waals surface area contributed by atoms with Gasteiger partial charge >= 0.3 is 5.97 Å². The van der Waals surface area contributed by atoms with Crippen molar-refractivity contribution in [1.29, 1.82) is 0 Å². The summed E-state index contributed by atoms with van der Waals surface area (Å²) < 4.78 is 15.6. The summed E-state index contributed by atoms with van der Waals surface area (Å²) in [5.41, 5.74) is -0.222. The minimum atomic E-state index is -0.321. The average Bonchev–Trinajstić information content (AvgIpc) is 3.01. The third-order valence-electron chi connectivity index (χ3n) is 3.54. The van der Waals surface area contributed by atoms with Crippen LogP contribution >= 0.6 is 0 Å². The van der Waals surface area contributed by atoms with Crippen molar-refractivity contribution in [3.05, 3.63) is 0 Å². The van der Waals surface area contributed by atoms with Crippen LogP contribution in [-0.4, -0.2) is 38.0 Å². The van der Waals surface area contributed by atoms with Gasteiger partial charge in [-0.25, -0.2) is 4.79 Å². The molecule has 1 saturated carbocycles. The standard InChI is InChI=1S/C11H18O4/c1-13-8-4-3-6-11(7-5-8)9(15-11)10(12)14-2/h8-9H,3-7H2,1-2H3. The fourth-order valence-electron chi connectivity index (χ4n) is 2.49. The van der Waals surface area contributed by atoms with Crippen molar-refractivity contribution in [3.63, 3.8) is 0 Å². The summed E-state index contributed by atoms with van der Waals surface area (Å²) in [5.74, 6) is -0.231. The lowest BCUT2D eigenvalue weighted by Gasteiger charge is -2.11. The van der Waals surface area contributed by atoms with Crippen molar-refractivity contribution in [2.75, 3.05) is 14.2 Å². The molecule has 1 saturated heterocycles. The van der Waals surface area contributed by atoms with Gasteiger partial charge in [-0.3, -0.25) is 0 Å². The summed E-state index contributed by atoms with van der Waals surface area (Å²) in [5, 5.41) is 0. The van der Waals surface area contributed by atoms with Crippen LogP contribution in [0.25, 0.3) is 0 Å². The Bertz CT molecular complexity index is 253. The summed E-state index contributed by atoms with van der Waals surface area (Å²) in [6.45, 7) is 0. The van der Waals surface area contributed by atoms with Gasteiger partial charge in [0, 0.05) is 7.11 Å². The molecule has 0 N–H and O–H groups in total. The first-order chi connectivity index (χ1) is 7.22. The van der Waals surface area contributed by atoms with Gasteiger partial charge in [-0.15, -0.1) is 0 Å². The van der Waals surface area contributed by atoms with Crippen molar-refractivity contribution in [3.8, 4) is 0 Å². The summed E-state index contributed by atoms with van der Waals surface area (Å²) in [6, 6.07) is 0. The van der Waals surface area contributed by atoms with Crippen LogP contribution in [0.15, 0.2) is 0 Å². The molecule has 2 aliphatic rings. The largest absolute Gasteiger partial charge is 0.467 e. The number of carbonyl (C=O) groups excluding carboxylic acids is 1. The number of carbonyl (C=O) groups is 1. The zero-order valence-electron chi connectivity index (χ0n) is 9.32. The third kappa shape index (κ3) is 2.01. The third-order valence-corrected chi connectivity index (χ3v) is 3.54. The number of hydrogen-bond donors (Lipinski definition) is 0. The average molecular weight is 214 g/mol. The van der Waals surface area contributed by atoms with Crippen LogP contribution in [0.2, 0.25) is 0 Å². The van der Waals surface area contributed by atoms with Gasteiger partial charge in [-0.05, 0) is 32.1 Å². The summed E-state index contributed by atoms with van der Waals surface area (Å²) in [4.78, 5) is 11.3. The van der Waals surface area contributed by atoms with E-state index in [0.29, 0.717) is 6.10 Å². The Balaban J connectivity index is 1.93. The van der Waals surface area contributed by atoms with Crippen molar-refractivity contribution in [2.24, 2.45) is 0 Å². The van der Waals surface area contributed by atoms with Gasteiger partial charge in [-0.1, -0.05) is 0 Å². The molecule has 1 aliphatic carbocycles. The summed E-state index contributed by atoms with van der Waals surface area (Å²) >= 11 is 0. The quantitative estimate of drug-likeness (QED) is 0.513. The maximum atomic E-state index is 11.3. The van der Waals surface area contributed by atoms with Gasteiger partial charge < -0.3 is 14.2 Å². The fraction of sp³-hybridized carbons (Fsp3) is 0.909. The molecule has 0 amide bonds. The van der Waals surface area contributed by atoms with Gasteiger partial charge in [0.15, 0.2) is 6.10 Å². The lowest BCUT2D eigenvalue weighted by Crippen LogP contribution is -2.21. The van der Waals surface area contributed by atoms with E-state index in [0.717, 1.165) is 32.1 Å². The maximum Gasteiger partial charge on any atom is 0.338 e. The minimum absolute atomic E-state index is 0.222. The van der Waals surface area contributed by atoms with E-state index < -0.39 is 0 Å². The van der Waals surface area contributed by atoms with Crippen LogP contribution in [0.1, 0.15) is 32.1 Å². The molecule has 4 heteroatoms. The number of epoxide rings is 1. The Morgan fingerprint density at radius 2 is 2.13 bits per heavy atom. The van der Waals surface area contributed by atoms with Gasteiger partial charge in [0.25, 0.3) is 0 Å².